The number of rotatable bonds is 19. The first kappa shape index (κ1) is 24.3. The Morgan fingerprint density at radius 3 is 2.32 bits per heavy atom. The molecule has 0 aromatic heterocycles. The van der Waals surface area contributed by atoms with Crippen molar-refractivity contribution in [1.29, 1.82) is 0 Å². The van der Waals surface area contributed by atoms with Crippen molar-refractivity contribution < 1.29 is 28.5 Å². The normalized spacial score (nSPS) is 12.3. The van der Waals surface area contributed by atoms with Crippen LogP contribution in [0.4, 0.5) is 0 Å². The Hall–Kier alpha value is -0.690. The largest absolute Gasteiger partial charge is 0.466 e. The van der Waals surface area contributed by atoms with E-state index in [1.165, 1.54) is 12.8 Å². The molecular weight excluding hydrogens is 324 g/mol. The first-order valence-corrected chi connectivity index (χ1v) is 9.71. The Labute approximate surface area is 153 Å². The van der Waals surface area contributed by atoms with Gasteiger partial charge < -0.3 is 23.7 Å². The molecule has 0 radical (unpaired) electrons. The van der Waals surface area contributed by atoms with Gasteiger partial charge in [-0.1, -0.05) is 26.2 Å². The molecule has 150 valence electrons. The van der Waals surface area contributed by atoms with Gasteiger partial charge in [0.2, 0.25) is 0 Å². The van der Waals surface area contributed by atoms with E-state index in [-0.39, 0.29) is 12.1 Å². The lowest BCUT2D eigenvalue weighted by molar-refractivity contribution is -0.144. The van der Waals surface area contributed by atoms with Gasteiger partial charge in [0.1, 0.15) is 0 Å². The van der Waals surface area contributed by atoms with E-state index in [4.69, 9.17) is 23.7 Å². The molecule has 0 fully saturated rings. The highest BCUT2D eigenvalue weighted by Gasteiger charge is 2.04. The second-order valence-corrected chi connectivity index (χ2v) is 5.95. The summed E-state index contributed by atoms with van der Waals surface area (Å²) in [5.74, 6) is -0.130. The molecule has 0 rings (SSSR count). The zero-order valence-electron chi connectivity index (χ0n) is 16.4. The molecule has 0 N–H and O–H groups in total. The van der Waals surface area contributed by atoms with Crippen molar-refractivity contribution in [3.63, 3.8) is 0 Å². The van der Waals surface area contributed by atoms with E-state index in [1.54, 1.807) is 0 Å². The summed E-state index contributed by atoms with van der Waals surface area (Å²) in [4.78, 5) is 11.5. The van der Waals surface area contributed by atoms with Crippen molar-refractivity contribution in [2.75, 3.05) is 52.9 Å². The van der Waals surface area contributed by atoms with Gasteiger partial charge in [-0.2, -0.15) is 0 Å². The lowest BCUT2D eigenvalue weighted by Gasteiger charge is -2.13. The average Bonchev–Trinajstić information content (AvgIpc) is 2.60. The minimum atomic E-state index is -0.130. The molecule has 0 amide bonds. The molecule has 0 aliphatic carbocycles. The number of carbonyl (C=O) groups excluding carboxylic acids is 1. The molecule has 0 bridgehead atoms. The van der Waals surface area contributed by atoms with Gasteiger partial charge in [-0.15, -0.1) is 0 Å². The Balaban J connectivity index is 3.25. The monoisotopic (exact) mass is 362 g/mol. The van der Waals surface area contributed by atoms with Crippen molar-refractivity contribution in [2.45, 2.75) is 65.4 Å². The van der Waals surface area contributed by atoms with Crippen LogP contribution in [0.5, 0.6) is 0 Å². The number of carbonyl (C=O) groups is 1. The molecule has 0 saturated heterocycles. The van der Waals surface area contributed by atoms with Crippen LogP contribution in [-0.2, 0) is 28.5 Å². The summed E-state index contributed by atoms with van der Waals surface area (Å²) in [6.45, 7) is 10.7. The fourth-order valence-corrected chi connectivity index (χ4v) is 2.08. The van der Waals surface area contributed by atoms with Crippen LogP contribution in [0.25, 0.3) is 0 Å². The number of hydrogen-bond acceptors (Lipinski definition) is 6. The zero-order valence-corrected chi connectivity index (χ0v) is 16.4. The zero-order chi connectivity index (χ0) is 18.6. The van der Waals surface area contributed by atoms with Gasteiger partial charge in [0.25, 0.3) is 0 Å². The third kappa shape index (κ3) is 19.5. The molecule has 0 spiro atoms. The standard InChI is InChI=1S/C19H38O6/c1-4-6-7-8-12-25-19(20)10-9-11-22-15-16-24-18(3)17-23-14-13-21-5-2/h18H,4-17H2,1-3H3. The molecular formula is C19H38O6. The van der Waals surface area contributed by atoms with Crippen molar-refractivity contribution in [1.82, 2.24) is 0 Å². The maximum absolute atomic E-state index is 11.5. The number of ether oxygens (including phenoxy) is 5. The molecule has 6 nitrogen and oxygen atoms in total. The fraction of sp³-hybridized carbons (Fsp3) is 0.947. The van der Waals surface area contributed by atoms with Crippen LogP contribution in [0.15, 0.2) is 0 Å². The summed E-state index contributed by atoms with van der Waals surface area (Å²) in [5.41, 5.74) is 0. The predicted octanol–water partition coefficient (Wildman–Crippen LogP) is 3.36. The maximum Gasteiger partial charge on any atom is 0.305 e. The highest BCUT2D eigenvalue weighted by Crippen LogP contribution is 2.01. The van der Waals surface area contributed by atoms with E-state index in [0.717, 1.165) is 12.8 Å². The van der Waals surface area contributed by atoms with Crippen molar-refractivity contribution >= 4 is 5.97 Å². The lowest BCUT2D eigenvalue weighted by Crippen LogP contribution is -2.20. The third-order valence-electron chi connectivity index (χ3n) is 3.49. The van der Waals surface area contributed by atoms with Crippen LogP contribution < -0.4 is 0 Å². The first-order valence-electron chi connectivity index (χ1n) is 9.71. The third-order valence-corrected chi connectivity index (χ3v) is 3.49. The Morgan fingerprint density at radius 2 is 1.56 bits per heavy atom. The summed E-state index contributed by atoms with van der Waals surface area (Å²) >= 11 is 0. The molecule has 0 aliphatic heterocycles. The summed E-state index contributed by atoms with van der Waals surface area (Å²) in [5, 5.41) is 0. The topological polar surface area (TPSA) is 63.2 Å². The highest BCUT2D eigenvalue weighted by molar-refractivity contribution is 5.69. The highest BCUT2D eigenvalue weighted by atomic mass is 16.6. The molecule has 1 atom stereocenters. The van der Waals surface area contributed by atoms with Gasteiger partial charge in [0.05, 0.1) is 45.7 Å². The predicted molar refractivity (Wildman–Crippen MR) is 97.9 cm³/mol. The van der Waals surface area contributed by atoms with E-state index in [2.05, 4.69) is 6.92 Å². The van der Waals surface area contributed by atoms with Crippen LogP contribution in [0.1, 0.15) is 59.3 Å². The van der Waals surface area contributed by atoms with Crippen LogP contribution >= 0.6 is 0 Å². The van der Waals surface area contributed by atoms with Gasteiger partial charge in [0, 0.05) is 19.6 Å². The first-order chi connectivity index (χ1) is 12.2. The fourth-order valence-electron chi connectivity index (χ4n) is 2.08. The maximum atomic E-state index is 11.5. The molecule has 1 unspecified atom stereocenters. The van der Waals surface area contributed by atoms with E-state index >= 15 is 0 Å². The molecule has 0 aliphatic rings. The SMILES string of the molecule is CCCCCCOC(=O)CCCOCCOC(C)COCCOCC. The minimum Gasteiger partial charge on any atom is -0.466 e. The van der Waals surface area contributed by atoms with Crippen molar-refractivity contribution in [2.24, 2.45) is 0 Å². The smallest absolute Gasteiger partial charge is 0.305 e. The van der Waals surface area contributed by atoms with Gasteiger partial charge >= 0.3 is 5.97 Å². The number of hydrogen-bond donors (Lipinski definition) is 0. The second kappa shape index (κ2) is 19.6. The van der Waals surface area contributed by atoms with Gasteiger partial charge in [-0.05, 0) is 26.7 Å². The van der Waals surface area contributed by atoms with Crippen LogP contribution in [0, 0.1) is 0 Å². The van der Waals surface area contributed by atoms with E-state index in [0.29, 0.717) is 65.7 Å². The van der Waals surface area contributed by atoms with Gasteiger partial charge in [-0.3, -0.25) is 4.79 Å². The number of esters is 1. The Morgan fingerprint density at radius 1 is 0.800 bits per heavy atom. The molecule has 0 heterocycles. The summed E-state index contributed by atoms with van der Waals surface area (Å²) < 4.78 is 26.8. The Kier molecular flexibility index (Phi) is 19.1. The summed E-state index contributed by atoms with van der Waals surface area (Å²) in [6, 6.07) is 0. The van der Waals surface area contributed by atoms with Crippen LogP contribution in [-0.4, -0.2) is 64.9 Å². The van der Waals surface area contributed by atoms with Gasteiger partial charge in [0.15, 0.2) is 0 Å². The molecule has 6 heteroatoms. The lowest BCUT2D eigenvalue weighted by atomic mass is 10.2. The Bertz CT molecular complexity index is 285. The second-order valence-electron chi connectivity index (χ2n) is 5.95. The molecule has 0 aromatic rings. The summed E-state index contributed by atoms with van der Waals surface area (Å²) in [6.07, 6.45) is 5.61. The van der Waals surface area contributed by atoms with Crippen LogP contribution in [0.3, 0.4) is 0 Å². The van der Waals surface area contributed by atoms with E-state index in [1.807, 2.05) is 13.8 Å². The number of unbranched alkanes of at least 4 members (excludes halogenated alkanes) is 3. The quantitative estimate of drug-likeness (QED) is 0.259. The summed E-state index contributed by atoms with van der Waals surface area (Å²) in [7, 11) is 0. The average molecular weight is 363 g/mol. The molecule has 25 heavy (non-hydrogen) atoms. The molecule has 0 aromatic carbocycles. The van der Waals surface area contributed by atoms with Crippen LogP contribution in [0.2, 0.25) is 0 Å². The van der Waals surface area contributed by atoms with Crippen molar-refractivity contribution in [3.05, 3.63) is 0 Å². The van der Waals surface area contributed by atoms with E-state index in [9.17, 15) is 4.79 Å². The molecule has 0 saturated carbocycles. The minimum absolute atomic E-state index is 0.0351. The van der Waals surface area contributed by atoms with Crippen molar-refractivity contribution in [3.8, 4) is 0 Å². The van der Waals surface area contributed by atoms with Gasteiger partial charge in [-0.25, -0.2) is 0 Å². The van der Waals surface area contributed by atoms with E-state index < -0.39 is 0 Å².